The summed E-state index contributed by atoms with van der Waals surface area (Å²) >= 11 is 4.80. The number of halogens is 2. The molecule has 1 atom stereocenters. The van der Waals surface area contributed by atoms with E-state index in [0.717, 1.165) is 9.35 Å². The molecule has 0 saturated heterocycles. The van der Waals surface area contributed by atoms with Crippen molar-refractivity contribution >= 4 is 27.3 Å². The Labute approximate surface area is 117 Å². The van der Waals surface area contributed by atoms with Crippen molar-refractivity contribution in [2.24, 2.45) is 0 Å². The number of hydrogen-bond donors (Lipinski definition) is 1. The lowest BCUT2D eigenvalue weighted by atomic mass is 10.1. The standard InChI is InChI=1S/C13H12BrFO2S/c1-7-5-11(18-13(7)14)12(16)9-4-3-8(17-2)6-10(9)15/h3-6,12,16H,1-2H3. The number of aliphatic hydroxyl groups excluding tert-OH is 1. The number of aryl methyl sites for hydroxylation is 1. The van der Waals surface area contributed by atoms with Gasteiger partial charge in [-0.05, 0) is 46.6 Å². The van der Waals surface area contributed by atoms with Gasteiger partial charge in [-0.2, -0.15) is 0 Å². The first-order valence-corrected chi connectivity index (χ1v) is 6.91. The highest BCUT2D eigenvalue weighted by atomic mass is 79.9. The smallest absolute Gasteiger partial charge is 0.133 e. The topological polar surface area (TPSA) is 29.5 Å². The first-order chi connectivity index (χ1) is 8.52. The van der Waals surface area contributed by atoms with Crippen molar-refractivity contribution in [1.82, 2.24) is 0 Å². The van der Waals surface area contributed by atoms with Gasteiger partial charge in [-0.1, -0.05) is 0 Å². The maximum Gasteiger partial charge on any atom is 0.133 e. The zero-order chi connectivity index (χ0) is 13.3. The van der Waals surface area contributed by atoms with Crippen molar-refractivity contribution in [3.8, 4) is 5.75 Å². The van der Waals surface area contributed by atoms with Gasteiger partial charge in [-0.25, -0.2) is 4.39 Å². The van der Waals surface area contributed by atoms with Crippen LogP contribution in [0.4, 0.5) is 4.39 Å². The SMILES string of the molecule is COc1ccc(C(O)c2cc(C)c(Br)s2)c(F)c1. The second-order valence-corrected chi connectivity index (χ2v) is 6.30. The van der Waals surface area contributed by atoms with Gasteiger partial charge in [0, 0.05) is 16.5 Å². The second kappa shape index (κ2) is 5.38. The molecule has 0 aliphatic heterocycles. The molecule has 1 N–H and O–H groups in total. The molecule has 2 aromatic rings. The van der Waals surface area contributed by atoms with E-state index in [0.29, 0.717) is 10.6 Å². The lowest BCUT2D eigenvalue weighted by Crippen LogP contribution is -2.01. The quantitative estimate of drug-likeness (QED) is 0.919. The molecule has 18 heavy (non-hydrogen) atoms. The van der Waals surface area contributed by atoms with Gasteiger partial charge in [0.15, 0.2) is 0 Å². The fourth-order valence-electron chi connectivity index (χ4n) is 1.63. The van der Waals surface area contributed by atoms with Crippen LogP contribution in [0.1, 0.15) is 22.1 Å². The number of aliphatic hydroxyl groups is 1. The Balaban J connectivity index is 2.36. The lowest BCUT2D eigenvalue weighted by Gasteiger charge is -2.11. The van der Waals surface area contributed by atoms with Gasteiger partial charge in [0.1, 0.15) is 17.7 Å². The number of methoxy groups -OCH3 is 1. The van der Waals surface area contributed by atoms with Gasteiger partial charge >= 0.3 is 0 Å². The Bertz CT molecular complexity index is 549. The summed E-state index contributed by atoms with van der Waals surface area (Å²) in [5.74, 6) is -0.0315. The third kappa shape index (κ3) is 2.58. The van der Waals surface area contributed by atoms with Crippen LogP contribution in [-0.4, -0.2) is 12.2 Å². The maximum atomic E-state index is 13.8. The number of hydrogen-bond acceptors (Lipinski definition) is 3. The van der Waals surface area contributed by atoms with Crippen molar-refractivity contribution in [3.63, 3.8) is 0 Å². The zero-order valence-corrected chi connectivity index (χ0v) is 12.3. The summed E-state index contributed by atoms with van der Waals surface area (Å²) in [6.07, 6.45) is -0.953. The number of benzene rings is 1. The van der Waals surface area contributed by atoms with Gasteiger partial charge in [0.25, 0.3) is 0 Å². The highest BCUT2D eigenvalue weighted by Crippen LogP contribution is 2.35. The molecule has 2 nitrogen and oxygen atoms in total. The van der Waals surface area contributed by atoms with E-state index in [1.807, 2.05) is 13.0 Å². The van der Waals surface area contributed by atoms with Crippen molar-refractivity contribution in [2.45, 2.75) is 13.0 Å². The van der Waals surface area contributed by atoms with E-state index in [9.17, 15) is 9.50 Å². The average molecular weight is 331 g/mol. The van der Waals surface area contributed by atoms with E-state index in [4.69, 9.17) is 4.74 Å². The van der Waals surface area contributed by atoms with Gasteiger partial charge in [0.2, 0.25) is 0 Å². The summed E-state index contributed by atoms with van der Waals surface area (Å²) in [5, 5.41) is 10.2. The van der Waals surface area contributed by atoms with E-state index in [1.54, 1.807) is 12.1 Å². The van der Waals surface area contributed by atoms with Crippen LogP contribution in [-0.2, 0) is 0 Å². The Kier molecular flexibility index (Phi) is 4.04. The summed E-state index contributed by atoms with van der Waals surface area (Å²) in [5.41, 5.74) is 1.28. The van der Waals surface area contributed by atoms with Gasteiger partial charge < -0.3 is 9.84 Å². The van der Waals surface area contributed by atoms with E-state index in [2.05, 4.69) is 15.9 Å². The molecule has 0 amide bonds. The molecule has 5 heteroatoms. The summed E-state index contributed by atoms with van der Waals surface area (Å²) in [7, 11) is 1.48. The summed E-state index contributed by atoms with van der Waals surface area (Å²) in [4.78, 5) is 0.712. The Morgan fingerprint density at radius 2 is 2.11 bits per heavy atom. The maximum absolute atomic E-state index is 13.8. The largest absolute Gasteiger partial charge is 0.497 e. The van der Waals surface area contributed by atoms with Crippen molar-refractivity contribution in [1.29, 1.82) is 0 Å². The van der Waals surface area contributed by atoms with Crippen molar-refractivity contribution in [3.05, 3.63) is 49.9 Å². The minimum Gasteiger partial charge on any atom is -0.497 e. The van der Waals surface area contributed by atoms with E-state index >= 15 is 0 Å². The molecule has 0 radical (unpaired) electrons. The van der Waals surface area contributed by atoms with E-state index < -0.39 is 11.9 Å². The van der Waals surface area contributed by atoms with Gasteiger partial charge in [0.05, 0.1) is 10.9 Å². The minimum absolute atomic E-state index is 0.254. The molecule has 1 aromatic carbocycles. The van der Waals surface area contributed by atoms with Crippen LogP contribution in [0.15, 0.2) is 28.1 Å². The molecule has 0 spiro atoms. The Morgan fingerprint density at radius 3 is 2.61 bits per heavy atom. The predicted molar refractivity (Wildman–Crippen MR) is 73.8 cm³/mol. The molecule has 0 fully saturated rings. The molecule has 1 unspecified atom stereocenters. The normalized spacial score (nSPS) is 12.5. The summed E-state index contributed by atoms with van der Waals surface area (Å²) in [6, 6.07) is 6.30. The zero-order valence-electron chi connectivity index (χ0n) is 9.91. The molecule has 0 aliphatic carbocycles. The predicted octanol–water partition coefficient (Wildman–Crippen LogP) is 4.05. The highest BCUT2D eigenvalue weighted by molar-refractivity contribution is 9.11. The number of rotatable bonds is 3. The minimum atomic E-state index is -0.953. The molecule has 1 aromatic heterocycles. The first kappa shape index (κ1) is 13.5. The van der Waals surface area contributed by atoms with Crippen molar-refractivity contribution in [2.75, 3.05) is 7.11 Å². The van der Waals surface area contributed by atoms with Crippen LogP contribution in [0.3, 0.4) is 0 Å². The fourth-order valence-corrected chi connectivity index (χ4v) is 3.20. The van der Waals surface area contributed by atoms with Crippen LogP contribution in [0.5, 0.6) is 5.75 Å². The number of thiophene rings is 1. The molecular weight excluding hydrogens is 319 g/mol. The Hall–Kier alpha value is -0.910. The molecule has 0 bridgehead atoms. The highest BCUT2D eigenvalue weighted by Gasteiger charge is 2.18. The molecule has 96 valence electrons. The monoisotopic (exact) mass is 330 g/mol. The molecular formula is C13H12BrFO2S. The van der Waals surface area contributed by atoms with Gasteiger partial charge in [-0.15, -0.1) is 11.3 Å². The Morgan fingerprint density at radius 1 is 1.39 bits per heavy atom. The van der Waals surface area contributed by atoms with Crippen LogP contribution in [0.25, 0.3) is 0 Å². The summed E-state index contributed by atoms with van der Waals surface area (Å²) in [6.45, 7) is 1.93. The second-order valence-electron chi connectivity index (χ2n) is 3.90. The third-order valence-corrected chi connectivity index (χ3v) is 4.84. The fraction of sp³-hybridized carbons (Fsp3) is 0.231. The molecule has 0 saturated carbocycles. The van der Waals surface area contributed by atoms with E-state index in [1.165, 1.54) is 24.5 Å². The van der Waals surface area contributed by atoms with Crippen LogP contribution in [0, 0.1) is 12.7 Å². The van der Waals surface area contributed by atoms with Crippen LogP contribution >= 0.6 is 27.3 Å². The summed E-state index contributed by atoms with van der Waals surface area (Å²) < 4.78 is 19.7. The molecule has 2 rings (SSSR count). The van der Waals surface area contributed by atoms with Crippen molar-refractivity contribution < 1.29 is 14.2 Å². The first-order valence-electron chi connectivity index (χ1n) is 5.30. The van der Waals surface area contributed by atoms with Gasteiger partial charge in [-0.3, -0.25) is 0 Å². The van der Waals surface area contributed by atoms with Crippen LogP contribution < -0.4 is 4.74 Å². The molecule has 1 heterocycles. The third-order valence-electron chi connectivity index (χ3n) is 2.65. The average Bonchev–Trinajstić information content (AvgIpc) is 2.68. The lowest BCUT2D eigenvalue weighted by molar-refractivity contribution is 0.218. The number of ether oxygens (including phenoxy) is 1. The van der Waals surface area contributed by atoms with E-state index in [-0.39, 0.29) is 5.56 Å². The van der Waals surface area contributed by atoms with Crippen LogP contribution in [0.2, 0.25) is 0 Å². The molecule has 0 aliphatic rings.